The Labute approximate surface area is 150 Å². The first-order chi connectivity index (χ1) is 12.7. The van der Waals surface area contributed by atoms with E-state index < -0.39 is 5.41 Å². The van der Waals surface area contributed by atoms with Crippen molar-refractivity contribution in [2.75, 3.05) is 10.6 Å². The normalized spacial score (nSPS) is 14.5. The molecule has 0 unspecified atom stereocenters. The van der Waals surface area contributed by atoms with Crippen molar-refractivity contribution in [1.82, 2.24) is 9.78 Å². The third-order valence-electron chi connectivity index (χ3n) is 4.54. The van der Waals surface area contributed by atoms with Crippen molar-refractivity contribution in [3.63, 3.8) is 0 Å². The van der Waals surface area contributed by atoms with Crippen LogP contribution in [0.3, 0.4) is 0 Å². The lowest BCUT2D eigenvalue weighted by Crippen LogP contribution is -2.36. The monoisotopic (exact) mass is 346 g/mol. The third kappa shape index (κ3) is 2.97. The number of hydrogen-bond donors (Lipinski definition) is 2. The Bertz CT molecular complexity index is 931. The highest BCUT2D eigenvalue weighted by Gasteiger charge is 2.56. The molecule has 2 aromatic carbocycles. The van der Waals surface area contributed by atoms with E-state index in [0.717, 1.165) is 5.69 Å². The average Bonchev–Trinajstić information content (AvgIpc) is 3.37. The van der Waals surface area contributed by atoms with Gasteiger partial charge < -0.3 is 10.6 Å². The molecule has 6 heteroatoms. The van der Waals surface area contributed by atoms with Crippen LogP contribution in [0.2, 0.25) is 0 Å². The van der Waals surface area contributed by atoms with Gasteiger partial charge in [-0.05, 0) is 37.1 Å². The minimum atomic E-state index is -1.01. The largest absolute Gasteiger partial charge is 0.325 e. The molecule has 3 aromatic rings. The molecule has 130 valence electrons. The van der Waals surface area contributed by atoms with E-state index in [-0.39, 0.29) is 11.8 Å². The second-order valence-electron chi connectivity index (χ2n) is 6.32. The number of benzene rings is 2. The quantitative estimate of drug-likeness (QED) is 0.697. The van der Waals surface area contributed by atoms with Gasteiger partial charge in [0.1, 0.15) is 11.2 Å². The number of nitrogens with one attached hydrogen (secondary N) is 2. The highest BCUT2D eigenvalue weighted by atomic mass is 16.2. The molecule has 1 saturated carbocycles. The highest BCUT2D eigenvalue weighted by molar-refractivity contribution is 6.16. The van der Waals surface area contributed by atoms with Crippen molar-refractivity contribution >= 4 is 23.3 Å². The topological polar surface area (TPSA) is 76.0 Å². The van der Waals surface area contributed by atoms with Gasteiger partial charge in [0.05, 0.1) is 11.9 Å². The van der Waals surface area contributed by atoms with Crippen molar-refractivity contribution in [1.29, 1.82) is 0 Å². The second-order valence-corrected chi connectivity index (χ2v) is 6.32. The van der Waals surface area contributed by atoms with Gasteiger partial charge in [-0.15, -0.1) is 0 Å². The van der Waals surface area contributed by atoms with Crippen LogP contribution >= 0.6 is 0 Å². The smallest absolute Gasteiger partial charge is 0.241 e. The lowest BCUT2D eigenvalue weighted by molar-refractivity contribution is -0.131. The van der Waals surface area contributed by atoms with Crippen molar-refractivity contribution in [2.45, 2.75) is 12.8 Å². The SMILES string of the molecule is O=C(Nc1ccccc1)C1(C(=O)Nc2ccnn2-c2ccccc2)CC1. The summed E-state index contributed by atoms with van der Waals surface area (Å²) in [7, 11) is 0. The van der Waals surface area contributed by atoms with Gasteiger partial charge in [0.25, 0.3) is 0 Å². The van der Waals surface area contributed by atoms with Crippen molar-refractivity contribution in [2.24, 2.45) is 5.41 Å². The van der Waals surface area contributed by atoms with E-state index >= 15 is 0 Å². The summed E-state index contributed by atoms with van der Waals surface area (Å²) < 4.78 is 1.64. The van der Waals surface area contributed by atoms with E-state index in [1.165, 1.54) is 0 Å². The summed E-state index contributed by atoms with van der Waals surface area (Å²) in [5.74, 6) is -0.0319. The zero-order valence-corrected chi connectivity index (χ0v) is 14.1. The molecule has 0 aliphatic heterocycles. The summed E-state index contributed by atoms with van der Waals surface area (Å²) in [6.45, 7) is 0. The van der Waals surface area contributed by atoms with Gasteiger partial charge >= 0.3 is 0 Å². The molecule has 0 saturated heterocycles. The summed E-state index contributed by atoms with van der Waals surface area (Å²) in [6.07, 6.45) is 2.69. The molecule has 0 spiro atoms. The number of aromatic nitrogens is 2. The van der Waals surface area contributed by atoms with Crippen LogP contribution in [0.25, 0.3) is 5.69 Å². The number of anilines is 2. The van der Waals surface area contributed by atoms with Crippen LogP contribution in [0.5, 0.6) is 0 Å². The Balaban J connectivity index is 1.50. The van der Waals surface area contributed by atoms with Gasteiger partial charge in [-0.1, -0.05) is 36.4 Å². The van der Waals surface area contributed by atoms with E-state index in [4.69, 9.17) is 0 Å². The molecule has 1 heterocycles. The molecule has 0 atom stereocenters. The summed E-state index contributed by atoms with van der Waals surface area (Å²) in [5.41, 5.74) is 0.513. The van der Waals surface area contributed by atoms with Gasteiger partial charge in [-0.2, -0.15) is 5.10 Å². The van der Waals surface area contributed by atoms with Crippen molar-refractivity contribution in [3.8, 4) is 5.69 Å². The van der Waals surface area contributed by atoms with Gasteiger partial charge in [0.2, 0.25) is 11.8 Å². The number of carbonyl (C=O) groups excluding carboxylic acids is 2. The lowest BCUT2D eigenvalue weighted by Gasteiger charge is -2.16. The number of para-hydroxylation sites is 2. The maximum Gasteiger partial charge on any atom is 0.241 e. The minimum absolute atomic E-state index is 0.271. The minimum Gasteiger partial charge on any atom is -0.325 e. The molecule has 26 heavy (non-hydrogen) atoms. The zero-order chi connectivity index (χ0) is 18.0. The lowest BCUT2D eigenvalue weighted by atomic mass is 10.1. The van der Waals surface area contributed by atoms with Gasteiger partial charge in [-0.25, -0.2) is 4.68 Å². The summed E-state index contributed by atoms with van der Waals surface area (Å²) in [6, 6.07) is 20.4. The van der Waals surface area contributed by atoms with E-state index in [1.807, 2.05) is 48.5 Å². The van der Waals surface area contributed by atoms with Gasteiger partial charge in [0.15, 0.2) is 0 Å². The third-order valence-corrected chi connectivity index (χ3v) is 4.54. The van der Waals surface area contributed by atoms with Crippen molar-refractivity contribution < 1.29 is 9.59 Å². The maximum atomic E-state index is 12.8. The average molecular weight is 346 g/mol. The first-order valence-electron chi connectivity index (χ1n) is 8.46. The molecule has 2 N–H and O–H groups in total. The Kier molecular flexibility index (Phi) is 4.01. The Morgan fingerprint density at radius 3 is 2.12 bits per heavy atom. The summed E-state index contributed by atoms with van der Waals surface area (Å²) in [4.78, 5) is 25.4. The fourth-order valence-electron chi connectivity index (χ4n) is 2.86. The molecular weight excluding hydrogens is 328 g/mol. The molecule has 1 aliphatic carbocycles. The van der Waals surface area contributed by atoms with E-state index in [0.29, 0.717) is 24.3 Å². The van der Waals surface area contributed by atoms with Crippen molar-refractivity contribution in [3.05, 3.63) is 72.9 Å². The van der Waals surface area contributed by atoms with E-state index in [9.17, 15) is 9.59 Å². The van der Waals surface area contributed by atoms with Crippen LogP contribution in [0.15, 0.2) is 72.9 Å². The molecule has 1 aromatic heterocycles. The molecule has 4 rings (SSSR count). The fourth-order valence-corrected chi connectivity index (χ4v) is 2.86. The fraction of sp³-hybridized carbons (Fsp3) is 0.150. The molecule has 6 nitrogen and oxygen atoms in total. The molecule has 1 aliphatic rings. The molecule has 0 radical (unpaired) electrons. The van der Waals surface area contributed by atoms with Crippen LogP contribution in [0.1, 0.15) is 12.8 Å². The standard InChI is InChI=1S/C20H18N4O2/c25-18(22-15-7-3-1-4-8-15)20(12-13-20)19(26)23-17-11-14-21-24(17)16-9-5-2-6-10-16/h1-11,14H,12-13H2,(H,22,25)(H,23,26). The highest BCUT2D eigenvalue weighted by Crippen LogP contribution is 2.47. The summed E-state index contributed by atoms with van der Waals surface area (Å²) in [5, 5.41) is 9.94. The molecular formula is C20H18N4O2. The molecule has 0 bridgehead atoms. The number of nitrogens with zero attached hydrogens (tertiary/aromatic N) is 2. The Hall–Kier alpha value is -3.41. The van der Waals surface area contributed by atoms with Crippen LogP contribution in [-0.2, 0) is 9.59 Å². The molecule has 2 amide bonds. The van der Waals surface area contributed by atoms with Crippen LogP contribution in [-0.4, -0.2) is 21.6 Å². The van der Waals surface area contributed by atoms with Gasteiger partial charge in [0, 0.05) is 11.8 Å². The predicted octanol–water partition coefficient (Wildman–Crippen LogP) is 3.23. The van der Waals surface area contributed by atoms with E-state index in [2.05, 4.69) is 15.7 Å². The Morgan fingerprint density at radius 1 is 0.846 bits per heavy atom. The van der Waals surface area contributed by atoms with Crippen LogP contribution in [0.4, 0.5) is 11.5 Å². The first kappa shape index (κ1) is 16.1. The second kappa shape index (κ2) is 6.48. The number of hydrogen-bond acceptors (Lipinski definition) is 3. The number of amides is 2. The van der Waals surface area contributed by atoms with Gasteiger partial charge in [-0.3, -0.25) is 9.59 Å². The van der Waals surface area contributed by atoms with Crippen LogP contribution < -0.4 is 10.6 Å². The predicted molar refractivity (Wildman–Crippen MR) is 98.9 cm³/mol. The first-order valence-corrected chi connectivity index (χ1v) is 8.46. The molecule has 1 fully saturated rings. The summed E-state index contributed by atoms with van der Waals surface area (Å²) >= 11 is 0. The van der Waals surface area contributed by atoms with Crippen LogP contribution in [0, 0.1) is 5.41 Å². The number of carbonyl (C=O) groups is 2. The van der Waals surface area contributed by atoms with E-state index in [1.54, 1.807) is 29.1 Å². The number of rotatable bonds is 5. The Morgan fingerprint density at radius 2 is 1.46 bits per heavy atom. The maximum absolute atomic E-state index is 12.8. The zero-order valence-electron chi connectivity index (χ0n) is 14.1.